The van der Waals surface area contributed by atoms with Crippen LogP contribution < -0.4 is 9.80 Å². The number of para-hydroxylation sites is 2. The molecule has 0 fully saturated rings. The predicted octanol–water partition coefficient (Wildman–Crippen LogP) is 18.4. The van der Waals surface area contributed by atoms with Crippen molar-refractivity contribution >= 4 is 88.0 Å². The van der Waals surface area contributed by atoms with Gasteiger partial charge in [-0.1, -0.05) is 184 Å². The topological polar surface area (TPSA) is 6.48 Å². The van der Waals surface area contributed by atoms with Gasteiger partial charge in [-0.25, -0.2) is 0 Å². The summed E-state index contributed by atoms with van der Waals surface area (Å²) in [6, 6.07) is 89.5. The molecule has 0 amide bonds. The summed E-state index contributed by atoms with van der Waals surface area (Å²) in [6.45, 7) is 4.84. The van der Waals surface area contributed by atoms with Crippen molar-refractivity contribution in [2.45, 2.75) is 19.3 Å². The largest absolute Gasteiger partial charge is 0.310 e. The molecule has 2 nitrogen and oxygen atoms in total. The minimum atomic E-state index is -0.317. The van der Waals surface area contributed by atoms with Crippen LogP contribution in [0, 0.1) is 0 Å². The SMILES string of the molecule is CC1(C)c2cc(N(c3ccccc3)c3ccc4c(ccc5ccccc54)c3)ccc2-c2c(-c3ccccc3)c3ccc(N(c4ccccc4)c4ccc5ccccc5c4)cc3c3cccc1c23. The van der Waals surface area contributed by atoms with Gasteiger partial charge in [0.05, 0.1) is 0 Å². The van der Waals surface area contributed by atoms with Gasteiger partial charge in [0, 0.05) is 39.5 Å². The van der Waals surface area contributed by atoms with E-state index >= 15 is 0 Å². The summed E-state index contributed by atoms with van der Waals surface area (Å²) >= 11 is 0. The van der Waals surface area contributed by atoms with Crippen molar-refractivity contribution in [1.82, 2.24) is 0 Å². The van der Waals surface area contributed by atoms with Crippen molar-refractivity contribution in [3.63, 3.8) is 0 Å². The van der Waals surface area contributed by atoms with Crippen LogP contribution in [0.15, 0.2) is 243 Å². The fourth-order valence-corrected chi connectivity index (χ4v) is 11.2. The molecular formula is C65H46N2. The lowest BCUT2D eigenvalue weighted by Crippen LogP contribution is -2.24. The highest BCUT2D eigenvalue weighted by molar-refractivity contribution is 6.24. The van der Waals surface area contributed by atoms with Crippen LogP contribution in [0.4, 0.5) is 34.1 Å². The van der Waals surface area contributed by atoms with Crippen molar-refractivity contribution in [2.24, 2.45) is 0 Å². The first-order chi connectivity index (χ1) is 33.0. The first kappa shape index (κ1) is 39.0. The zero-order valence-electron chi connectivity index (χ0n) is 37.5. The zero-order chi connectivity index (χ0) is 44.6. The summed E-state index contributed by atoms with van der Waals surface area (Å²) in [6.07, 6.45) is 0. The molecule has 0 spiro atoms. The molecule has 0 radical (unpaired) electrons. The zero-order valence-corrected chi connectivity index (χ0v) is 37.5. The third-order valence-corrected chi connectivity index (χ3v) is 14.3. The highest BCUT2D eigenvalue weighted by atomic mass is 15.1. The third-order valence-electron chi connectivity index (χ3n) is 14.3. The molecule has 12 aromatic carbocycles. The van der Waals surface area contributed by atoms with E-state index in [4.69, 9.17) is 0 Å². The molecule has 0 bridgehead atoms. The first-order valence-corrected chi connectivity index (χ1v) is 23.3. The normalized spacial score (nSPS) is 12.7. The van der Waals surface area contributed by atoms with Crippen molar-refractivity contribution in [2.75, 3.05) is 9.80 Å². The number of hydrogen-bond acceptors (Lipinski definition) is 2. The van der Waals surface area contributed by atoms with E-state index in [2.05, 4.69) is 266 Å². The molecule has 13 rings (SSSR count). The Morgan fingerprint density at radius 2 is 0.791 bits per heavy atom. The maximum Gasteiger partial charge on any atom is 0.0468 e. The summed E-state index contributed by atoms with van der Waals surface area (Å²) in [7, 11) is 0. The molecule has 1 aliphatic rings. The van der Waals surface area contributed by atoms with E-state index in [0.29, 0.717) is 0 Å². The summed E-state index contributed by atoms with van der Waals surface area (Å²) in [5.74, 6) is 0. The van der Waals surface area contributed by atoms with Crippen LogP contribution in [0.3, 0.4) is 0 Å². The fraction of sp³-hybridized carbons (Fsp3) is 0.0462. The molecule has 0 aliphatic heterocycles. The maximum absolute atomic E-state index is 2.47. The molecule has 0 unspecified atom stereocenters. The number of anilines is 6. The molecule has 0 N–H and O–H groups in total. The highest BCUT2D eigenvalue weighted by Gasteiger charge is 2.36. The average molecular weight is 855 g/mol. The Hall–Kier alpha value is -8.46. The molecule has 0 atom stereocenters. The van der Waals surface area contributed by atoms with E-state index in [1.54, 1.807) is 0 Å². The van der Waals surface area contributed by atoms with Crippen LogP contribution in [0.1, 0.15) is 25.0 Å². The second-order valence-corrected chi connectivity index (χ2v) is 18.5. The van der Waals surface area contributed by atoms with E-state index in [1.165, 1.54) is 87.2 Å². The van der Waals surface area contributed by atoms with Gasteiger partial charge >= 0.3 is 0 Å². The molecule has 0 saturated heterocycles. The lowest BCUT2D eigenvalue weighted by Gasteiger charge is -2.38. The highest BCUT2D eigenvalue weighted by Crippen LogP contribution is 2.56. The standard InChI is InChI=1S/C65H46N2/c1-65(2)60-28-16-27-56-59-41-52(66(48-22-8-4-9-23-48)50-32-31-43-17-12-13-21-46(43)39-50)34-37-57(59)62(45-19-6-3-7-20-45)64(63(56)60)58-38-35-53(42-61(58)65)67(49-24-10-5-11-25-49)51-33-36-55-47(40-51)30-29-44-18-14-15-26-54(44)55/h3-42H,1-2H3. The van der Waals surface area contributed by atoms with Gasteiger partial charge in [-0.2, -0.15) is 0 Å². The Balaban J connectivity index is 1.04. The molecule has 0 aromatic heterocycles. The van der Waals surface area contributed by atoms with Gasteiger partial charge in [-0.3, -0.25) is 0 Å². The van der Waals surface area contributed by atoms with Crippen LogP contribution in [0.25, 0.3) is 76.1 Å². The molecule has 0 saturated carbocycles. The van der Waals surface area contributed by atoms with Crippen LogP contribution in [0.2, 0.25) is 0 Å². The number of rotatable bonds is 7. The lowest BCUT2D eigenvalue weighted by molar-refractivity contribution is 0.645. The van der Waals surface area contributed by atoms with Gasteiger partial charge < -0.3 is 9.80 Å². The minimum Gasteiger partial charge on any atom is -0.310 e. The van der Waals surface area contributed by atoms with Gasteiger partial charge in [-0.15, -0.1) is 0 Å². The Bertz CT molecular complexity index is 3890. The van der Waals surface area contributed by atoms with Crippen LogP contribution >= 0.6 is 0 Å². The van der Waals surface area contributed by atoms with Crippen molar-refractivity contribution < 1.29 is 0 Å². The smallest absolute Gasteiger partial charge is 0.0468 e. The Kier molecular flexibility index (Phi) is 8.91. The monoisotopic (exact) mass is 854 g/mol. The second kappa shape index (κ2) is 15.3. The van der Waals surface area contributed by atoms with Crippen LogP contribution in [-0.4, -0.2) is 0 Å². The number of nitrogens with zero attached hydrogens (tertiary/aromatic N) is 2. The van der Waals surface area contributed by atoms with Crippen molar-refractivity contribution in [3.05, 3.63) is 254 Å². The van der Waals surface area contributed by atoms with E-state index in [1.807, 2.05) is 0 Å². The van der Waals surface area contributed by atoms with E-state index < -0.39 is 0 Å². The van der Waals surface area contributed by atoms with Crippen molar-refractivity contribution in [3.8, 4) is 22.3 Å². The maximum atomic E-state index is 2.47. The summed E-state index contributed by atoms with van der Waals surface area (Å²) < 4.78 is 0. The van der Waals surface area contributed by atoms with Gasteiger partial charge in [0.25, 0.3) is 0 Å². The van der Waals surface area contributed by atoms with Crippen LogP contribution in [-0.2, 0) is 5.41 Å². The Morgan fingerprint density at radius 3 is 1.52 bits per heavy atom. The van der Waals surface area contributed by atoms with Gasteiger partial charge in [-0.05, 0) is 160 Å². The van der Waals surface area contributed by atoms with E-state index in [9.17, 15) is 0 Å². The summed E-state index contributed by atoms with van der Waals surface area (Å²) in [5.41, 5.74) is 14.2. The first-order valence-electron chi connectivity index (χ1n) is 23.3. The second-order valence-electron chi connectivity index (χ2n) is 18.5. The van der Waals surface area contributed by atoms with Gasteiger partial charge in [0.1, 0.15) is 0 Å². The number of hydrogen-bond donors (Lipinski definition) is 0. The van der Waals surface area contributed by atoms with Gasteiger partial charge in [0.2, 0.25) is 0 Å². The number of fused-ring (bicyclic) bond motifs is 8. The van der Waals surface area contributed by atoms with Gasteiger partial charge in [0.15, 0.2) is 0 Å². The molecule has 1 aliphatic carbocycles. The third kappa shape index (κ3) is 6.25. The Labute approximate surface area is 391 Å². The molecule has 316 valence electrons. The van der Waals surface area contributed by atoms with E-state index in [0.717, 1.165) is 34.1 Å². The molecule has 67 heavy (non-hydrogen) atoms. The van der Waals surface area contributed by atoms with Crippen molar-refractivity contribution in [1.29, 1.82) is 0 Å². The fourth-order valence-electron chi connectivity index (χ4n) is 11.2. The average Bonchev–Trinajstić information content (AvgIpc) is 3.38. The molecule has 2 heteroatoms. The molecule has 0 heterocycles. The number of benzene rings is 12. The molecular weight excluding hydrogens is 809 g/mol. The van der Waals surface area contributed by atoms with Crippen LogP contribution in [0.5, 0.6) is 0 Å². The predicted molar refractivity (Wildman–Crippen MR) is 286 cm³/mol. The lowest BCUT2D eigenvalue weighted by atomic mass is 9.66. The summed E-state index contributed by atoms with van der Waals surface area (Å²) in [4.78, 5) is 4.83. The minimum absolute atomic E-state index is 0.317. The van der Waals surface area contributed by atoms with E-state index in [-0.39, 0.29) is 5.41 Å². The Morgan fingerprint density at radius 1 is 0.284 bits per heavy atom. The quantitative estimate of drug-likeness (QED) is 0.147. The molecule has 12 aromatic rings. The summed E-state index contributed by atoms with van der Waals surface area (Å²) in [5, 5.41) is 12.6.